The van der Waals surface area contributed by atoms with Gasteiger partial charge >= 0.3 is 0 Å². The number of carbonyl (C=O) groups excluding carboxylic acids is 1. The number of anilines is 1. The molecule has 34 heavy (non-hydrogen) atoms. The van der Waals surface area contributed by atoms with Crippen molar-refractivity contribution in [2.24, 2.45) is 0 Å². The van der Waals surface area contributed by atoms with Crippen molar-refractivity contribution in [3.05, 3.63) is 110 Å². The summed E-state index contributed by atoms with van der Waals surface area (Å²) in [5.41, 5.74) is 2.17. The van der Waals surface area contributed by atoms with Crippen LogP contribution in [-0.4, -0.2) is 5.91 Å². The summed E-state index contributed by atoms with van der Waals surface area (Å²) >= 11 is 13.4. The normalized spacial score (nSPS) is 11.2. The third kappa shape index (κ3) is 5.68. The molecule has 4 aromatic carbocycles. The van der Waals surface area contributed by atoms with Crippen LogP contribution < -0.4 is 10.1 Å². The summed E-state index contributed by atoms with van der Waals surface area (Å²) < 4.78 is 7.48. The molecule has 0 heterocycles. The lowest BCUT2D eigenvalue weighted by Gasteiger charge is -2.13. The SMILES string of the molecule is N#C/C(=C/c1cc(Cl)c(OCc2cccc3ccccc23)c(Br)c1)C(=O)Nc1cccc(Br)c1. The number of nitrogens with one attached hydrogen (secondary N) is 1. The molecule has 4 rings (SSSR count). The van der Waals surface area contributed by atoms with E-state index < -0.39 is 5.91 Å². The highest BCUT2D eigenvalue weighted by Gasteiger charge is 2.13. The maximum Gasteiger partial charge on any atom is 0.266 e. The van der Waals surface area contributed by atoms with E-state index in [0.29, 0.717) is 33.1 Å². The van der Waals surface area contributed by atoms with Gasteiger partial charge in [-0.05, 0) is 74.2 Å². The van der Waals surface area contributed by atoms with Crippen molar-refractivity contribution in [1.29, 1.82) is 5.26 Å². The number of hydrogen-bond acceptors (Lipinski definition) is 3. The molecule has 0 saturated carbocycles. The Hall–Kier alpha value is -3.11. The maximum absolute atomic E-state index is 12.6. The van der Waals surface area contributed by atoms with Gasteiger partial charge in [-0.3, -0.25) is 4.79 Å². The molecule has 4 aromatic rings. The van der Waals surface area contributed by atoms with E-state index in [0.717, 1.165) is 20.8 Å². The van der Waals surface area contributed by atoms with Crippen molar-refractivity contribution in [2.45, 2.75) is 6.61 Å². The smallest absolute Gasteiger partial charge is 0.266 e. The molecule has 4 nitrogen and oxygen atoms in total. The molecule has 1 amide bonds. The standard InChI is InChI=1S/C27H17Br2ClN2O2/c28-21-8-4-9-22(14-21)32-27(33)20(15-31)11-17-12-24(29)26(25(30)13-17)34-16-19-7-3-6-18-5-1-2-10-23(18)19/h1-14H,16H2,(H,32,33)/b20-11-. The number of halogens is 3. The van der Waals surface area contributed by atoms with Gasteiger partial charge in [0.1, 0.15) is 18.2 Å². The molecule has 0 radical (unpaired) electrons. The minimum atomic E-state index is -0.510. The fourth-order valence-corrected chi connectivity index (χ4v) is 4.84. The van der Waals surface area contributed by atoms with Crippen LogP contribution in [-0.2, 0) is 11.4 Å². The summed E-state index contributed by atoms with van der Waals surface area (Å²) in [4.78, 5) is 12.6. The van der Waals surface area contributed by atoms with E-state index in [9.17, 15) is 10.1 Å². The molecule has 0 unspecified atom stereocenters. The van der Waals surface area contributed by atoms with E-state index in [1.165, 1.54) is 6.08 Å². The number of benzene rings is 4. The summed E-state index contributed by atoms with van der Waals surface area (Å²) in [7, 11) is 0. The fourth-order valence-electron chi connectivity index (χ4n) is 3.45. The zero-order chi connectivity index (χ0) is 24.1. The van der Waals surface area contributed by atoms with E-state index >= 15 is 0 Å². The predicted molar refractivity (Wildman–Crippen MR) is 144 cm³/mol. The van der Waals surface area contributed by atoms with Crippen molar-refractivity contribution in [1.82, 2.24) is 0 Å². The molecule has 0 aromatic heterocycles. The van der Waals surface area contributed by atoms with E-state index in [2.05, 4.69) is 55.4 Å². The average Bonchev–Trinajstić information content (AvgIpc) is 2.82. The maximum atomic E-state index is 12.6. The molecule has 0 spiro atoms. The van der Waals surface area contributed by atoms with Crippen LogP contribution in [0.15, 0.2) is 93.4 Å². The highest BCUT2D eigenvalue weighted by Crippen LogP contribution is 2.36. The summed E-state index contributed by atoms with van der Waals surface area (Å²) in [6.07, 6.45) is 1.48. The Morgan fingerprint density at radius 3 is 2.56 bits per heavy atom. The van der Waals surface area contributed by atoms with Gasteiger partial charge in [-0.1, -0.05) is 76.1 Å². The second-order valence-electron chi connectivity index (χ2n) is 7.37. The summed E-state index contributed by atoms with van der Waals surface area (Å²) in [5.74, 6) is -0.0204. The van der Waals surface area contributed by atoms with Crippen LogP contribution in [0.25, 0.3) is 16.8 Å². The van der Waals surface area contributed by atoms with E-state index in [1.807, 2.05) is 36.4 Å². The van der Waals surface area contributed by atoms with Crippen LogP contribution >= 0.6 is 43.5 Å². The summed E-state index contributed by atoms with van der Waals surface area (Å²) in [6.45, 7) is 0.341. The van der Waals surface area contributed by atoms with Gasteiger partial charge < -0.3 is 10.1 Å². The Balaban J connectivity index is 1.53. The molecule has 0 bridgehead atoms. The lowest BCUT2D eigenvalue weighted by molar-refractivity contribution is -0.112. The van der Waals surface area contributed by atoms with Gasteiger partial charge in [0, 0.05) is 10.2 Å². The van der Waals surface area contributed by atoms with Gasteiger partial charge in [-0.25, -0.2) is 0 Å². The second kappa shape index (κ2) is 10.9. The van der Waals surface area contributed by atoms with Gasteiger partial charge in [0.15, 0.2) is 5.75 Å². The molecular formula is C27H17Br2ClN2O2. The zero-order valence-electron chi connectivity index (χ0n) is 17.7. The third-order valence-electron chi connectivity index (χ3n) is 5.03. The van der Waals surface area contributed by atoms with Crippen LogP contribution in [0.2, 0.25) is 5.02 Å². The van der Waals surface area contributed by atoms with Gasteiger partial charge in [-0.15, -0.1) is 0 Å². The lowest BCUT2D eigenvalue weighted by Crippen LogP contribution is -2.13. The third-order valence-corrected chi connectivity index (χ3v) is 6.39. The van der Waals surface area contributed by atoms with Crippen LogP contribution in [0.4, 0.5) is 5.69 Å². The monoisotopic (exact) mass is 594 g/mol. The molecule has 0 aliphatic carbocycles. The fraction of sp³-hybridized carbons (Fsp3) is 0.0370. The highest BCUT2D eigenvalue weighted by molar-refractivity contribution is 9.10. The first-order valence-electron chi connectivity index (χ1n) is 10.2. The van der Waals surface area contributed by atoms with Crippen molar-refractivity contribution >= 4 is 71.9 Å². The average molecular weight is 597 g/mol. The number of hydrogen-bond donors (Lipinski definition) is 1. The highest BCUT2D eigenvalue weighted by atomic mass is 79.9. The molecule has 0 fully saturated rings. The topological polar surface area (TPSA) is 62.1 Å². The van der Waals surface area contributed by atoms with Gasteiger partial charge in [-0.2, -0.15) is 5.26 Å². The Kier molecular flexibility index (Phi) is 7.69. The minimum absolute atomic E-state index is 0.0487. The molecule has 0 atom stereocenters. The molecule has 0 saturated heterocycles. The number of carbonyl (C=O) groups is 1. The predicted octanol–water partition coefficient (Wildman–Crippen LogP) is 8.14. The first kappa shape index (κ1) is 24.0. The van der Waals surface area contributed by atoms with Crippen LogP contribution in [0.1, 0.15) is 11.1 Å². The van der Waals surface area contributed by atoms with Crippen LogP contribution in [0.5, 0.6) is 5.75 Å². The molecule has 7 heteroatoms. The Morgan fingerprint density at radius 1 is 1.03 bits per heavy atom. The Bertz CT molecular complexity index is 1430. The van der Waals surface area contributed by atoms with Crippen molar-refractivity contribution in [3.8, 4) is 11.8 Å². The largest absolute Gasteiger partial charge is 0.486 e. The van der Waals surface area contributed by atoms with E-state index in [-0.39, 0.29) is 5.57 Å². The van der Waals surface area contributed by atoms with E-state index in [4.69, 9.17) is 16.3 Å². The van der Waals surface area contributed by atoms with E-state index in [1.54, 1.807) is 30.3 Å². The van der Waals surface area contributed by atoms with Crippen molar-refractivity contribution in [3.63, 3.8) is 0 Å². The summed E-state index contributed by atoms with van der Waals surface area (Å²) in [5, 5.41) is 14.9. The van der Waals surface area contributed by atoms with Crippen molar-refractivity contribution in [2.75, 3.05) is 5.32 Å². The zero-order valence-corrected chi connectivity index (χ0v) is 21.6. The Labute approximate surface area is 219 Å². The molecular weight excluding hydrogens is 580 g/mol. The van der Waals surface area contributed by atoms with Crippen LogP contribution in [0, 0.1) is 11.3 Å². The quantitative estimate of drug-likeness (QED) is 0.181. The molecule has 0 aliphatic heterocycles. The number of fused-ring (bicyclic) bond motifs is 1. The number of nitrogens with zero attached hydrogens (tertiary/aromatic N) is 1. The Morgan fingerprint density at radius 2 is 1.79 bits per heavy atom. The summed E-state index contributed by atoms with van der Waals surface area (Å²) in [6, 6.07) is 26.7. The number of amides is 1. The van der Waals surface area contributed by atoms with Gasteiger partial charge in [0.2, 0.25) is 0 Å². The second-order valence-corrected chi connectivity index (χ2v) is 9.55. The van der Waals surface area contributed by atoms with Gasteiger partial charge in [0.05, 0.1) is 9.50 Å². The first-order valence-corrected chi connectivity index (χ1v) is 12.2. The lowest BCUT2D eigenvalue weighted by atomic mass is 10.1. The minimum Gasteiger partial charge on any atom is -0.486 e. The molecule has 1 N–H and O–H groups in total. The van der Waals surface area contributed by atoms with Crippen LogP contribution in [0.3, 0.4) is 0 Å². The number of ether oxygens (including phenoxy) is 1. The molecule has 0 aliphatic rings. The number of nitriles is 1. The first-order chi connectivity index (χ1) is 16.4. The van der Waals surface area contributed by atoms with Gasteiger partial charge in [0.25, 0.3) is 5.91 Å². The molecule has 168 valence electrons. The number of rotatable bonds is 6. The van der Waals surface area contributed by atoms with Crippen molar-refractivity contribution < 1.29 is 9.53 Å².